The second kappa shape index (κ2) is 10.5. The largest absolute Gasteiger partial charge is 0.351 e. The number of rotatable bonds is 6. The first-order valence-electron chi connectivity index (χ1n) is 10.7. The van der Waals surface area contributed by atoms with Gasteiger partial charge >= 0.3 is 0 Å². The summed E-state index contributed by atoms with van der Waals surface area (Å²) >= 11 is 3.26. The topological polar surface area (TPSA) is 52.6 Å². The molecule has 160 valence electrons. The van der Waals surface area contributed by atoms with Crippen molar-refractivity contribution >= 4 is 27.7 Å². The highest BCUT2D eigenvalue weighted by Gasteiger charge is 2.26. The number of halogens is 2. The summed E-state index contributed by atoms with van der Waals surface area (Å²) in [4.78, 5) is 29.3. The summed E-state index contributed by atoms with van der Waals surface area (Å²) in [6, 6.07) is 3.99. The second-order valence-electron chi connectivity index (χ2n) is 8.46. The lowest BCUT2D eigenvalue weighted by Gasteiger charge is -2.38. The van der Waals surface area contributed by atoms with Crippen LogP contribution in [0.1, 0.15) is 49.4 Å². The lowest BCUT2D eigenvalue weighted by molar-refractivity contribution is -0.133. The first-order chi connectivity index (χ1) is 13.9. The average molecular weight is 468 g/mol. The van der Waals surface area contributed by atoms with E-state index in [1.807, 2.05) is 4.90 Å². The van der Waals surface area contributed by atoms with E-state index in [4.69, 9.17) is 0 Å². The van der Waals surface area contributed by atoms with Crippen molar-refractivity contribution in [3.8, 4) is 0 Å². The van der Waals surface area contributed by atoms with Gasteiger partial charge in [-0.25, -0.2) is 4.39 Å². The van der Waals surface area contributed by atoms with Gasteiger partial charge in [0.15, 0.2) is 0 Å². The predicted molar refractivity (Wildman–Crippen MR) is 115 cm³/mol. The standard InChI is InChI=1S/C22H31BrFN3O2/c1-16-7-11-26(12-8-16)14-17-3-2-10-27(15-17)21(28)6-9-25-22(29)19-13-18(24)4-5-20(19)23/h4-5,13,16-17H,2-3,6-12,14-15H2,1H3,(H,25,29). The summed E-state index contributed by atoms with van der Waals surface area (Å²) < 4.78 is 13.9. The van der Waals surface area contributed by atoms with Crippen molar-refractivity contribution in [3.05, 3.63) is 34.1 Å². The minimum absolute atomic E-state index is 0.0839. The second-order valence-corrected chi connectivity index (χ2v) is 9.32. The first kappa shape index (κ1) is 22.2. The minimum atomic E-state index is -0.461. The molecule has 0 aromatic heterocycles. The first-order valence-corrected chi connectivity index (χ1v) is 11.4. The van der Waals surface area contributed by atoms with Gasteiger partial charge in [0.25, 0.3) is 5.91 Å². The molecule has 0 saturated carbocycles. The predicted octanol–water partition coefficient (Wildman–Crippen LogP) is 3.68. The van der Waals surface area contributed by atoms with Crippen LogP contribution >= 0.6 is 15.9 Å². The normalized spacial score (nSPS) is 21.2. The summed E-state index contributed by atoms with van der Waals surface area (Å²) in [6.07, 6.45) is 5.04. The molecular formula is C22H31BrFN3O2. The molecule has 0 spiro atoms. The van der Waals surface area contributed by atoms with Crippen LogP contribution in [0.15, 0.2) is 22.7 Å². The van der Waals surface area contributed by atoms with Gasteiger partial charge in [-0.2, -0.15) is 0 Å². The van der Waals surface area contributed by atoms with Crippen molar-refractivity contribution in [2.45, 2.75) is 39.0 Å². The molecule has 2 amide bonds. The fourth-order valence-electron chi connectivity index (χ4n) is 4.26. The Morgan fingerprint density at radius 2 is 1.97 bits per heavy atom. The average Bonchev–Trinajstić information content (AvgIpc) is 2.71. The van der Waals surface area contributed by atoms with Gasteiger partial charge in [-0.3, -0.25) is 9.59 Å². The van der Waals surface area contributed by atoms with Crippen molar-refractivity contribution in [1.29, 1.82) is 0 Å². The van der Waals surface area contributed by atoms with Crippen LogP contribution in [0.4, 0.5) is 4.39 Å². The Morgan fingerprint density at radius 3 is 2.72 bits per heavy atom. The third-order valence-corrected chi connectivity index (χ3v) is 6.75. The minimum Gasteiger partial charge on any atom is -0.351 e. The van der Waals surface area contributed by atoms with E-state index in [0.29, 0.717) is 10.4 Å². The number of nitrogens with one attached hydrogen (secondary N) is 1. The van der Waals surface area contributed by atoms with Crippen LogP contribution in [0.5, 0.6) is 0 Å². The Hall–Kier alpha value is -1.47. The van der Waals surface area contributed by atoms with Crippen molar-refractivity contribution in [1.82, 2.24) is 15.1 Å². The Labute approximate surface area is 181 Å². The summed E-state index contributed by atoms with van der Waals surface area (Å²) in [5.74, 6) is 0.621. The number of hydrogen-bond donors (Lipinski definition) is 1. The molecule has 7 heteroatoms. The van der Waals surface area contributed by atoms with E-state index in [2.05, 4.69) is 33.1 Å². The van der Waals surface area contributed by atoms with Crippen LogP contribution in [0.3, 0.4) is 0 Å². The molecular weight excluding hydrogens is 437 g/mol. The number of hydrogen-bond acceptors (Lipinski definition) is 3. The molecule has 2 aliphatic heterocycles. The van der Waals surface area contributed by atoms with Gasteiger partial charge < -0.3 is 15.1 Å². The van der Waals surface area contributed by atoms with E-state index >= 15 is 0 Å². The van der Waals surface area contributed by atoms with E-state index < -0.39 is 5.82 Å². The molecule has 2 aliphatic rings. The van der Waals surface area contributed by atoms with E-state index in [-0.39, 0.29) is 30.3 Å². The lowest BCUT2D eigenvalue weighted by Crippen LogP contribution is -2.45. The molecule has 1 aromatic carbocycles. The van der Waals surface area contributed by atoms with Gasteiger partial charge in [0, 0.05) is 37.1 Å². The molecule has 2 fully saturated rings. The maximum atomic E-state index is 13.4. The van der Waals surface area contributed by atoms with E-state index in [9.17, 15) is 14.0 Å². The highest BCUT2D eigenvalue weighted by molar-refractivity contribution is 9.10. The highest BCUT2D eigenvalue weighted by Crippen LogP contribution is 2.22. The number of benzene rings is 1. The molecule has 5 nitrogen and oxygen atoms in total. The molecule has 29 heavy (non-hydrogen) atoms. The molecule has 3 rings (SSSR count). The molecule has 0 bridgehead atoms. The maximum absolute atomic E-state index is 13.4. The van der Waals surface area contributed by atoms with E-state index in [1.165, 1.54) is 50.6 Å². The number of amides is 2. The quantitative estimate of drug-likeness (QED) is 0.693. The molecule has 0 aliphatic carbocycles. The molecule has 0 radical (unpaired) electrons. The SMILES string of the molecule is CC1CCN(CC2CCCN(C(=O)CCNC(=O)c3cc(F)ccc3Br)C2)CC1. The number of carbonyl (C=O) groups is 2. The van der Waals surface area contributed by atoms with Gasteiger partial charge in [0.1, 0.15) is 5.82 Å². The Balaban J connectivity index is 1.42. The summed E-state index contributed by atoms with van der Waals surface area (Å²) in [5.41, 5.74) is 0.242. The highest BCUT2D eigenvalue weighted by atomic mass is 79.9. The van der Waals surface area contributed by atoms with Crippen LogP contribution in [-0.4, -0.2) is 60.9 Å². The number of piperidine rings is 2. The van der Waals surface area contributed by atoms with Crippen molar-refractivity contribution in [3.63, 3.8) is 0 Å². The summed E-state index contributed by atoms with van der Waals surface area (Å²) in [7, 11) is 0. The Bertz CT molecular complexity index is 722. The fraction of sp³-hybridized carbons (Fsp3) is 0.636. The van der Waals surface area contributed by atoms with Gasteiger partial charge in [0.05, 0.1) is 5.56 Å². The van der Waals surface area contributed by atoms with Gasteiger partial charge in [0.2, 0.25) is 5.91 Å². The monoisotopic (exact) mass is 467 g/mol. The number of carbonyl (C=O) groups excluding carboxylic acids is 2. The zero-order chi connectivity index (χ0) is 20.8. The van der Waals surface area contributed by atoms with Crippen molar-refractivity contribution < 1.29 is 14.0 Å². The van der Waals surface area contributed by atoms with Crippen LogP contribution in [0, 0.1) is 17.7 Å². The van der Waals surface area contributed by atoms with Gasteiger partial charge in [-0.1, -0.05) is 6.92 Å². The van der Waals surface area contributed by atoms with Crippen LogP contribution in [-0.2, 0) is 4.79 Å². The molecule has 2 saturated heterocycles. The van der Waals surface area contributed by atoms with E-state index in [0.717, 1.165) is 32.0 Å². The van der Waals surface area contributed by atoms with Crippen LogP contribution in [0.25, 0.3) is 0 Å². The zero-order valence-corrected chi connectivity index (χ0v) is 18.7. The van der Waals surface area contributed by atoms with Crippen molar-refractivity contribution in [2.24, 2.45) is 11.8 Å². The summed E-state index contributed by atoms with van der Waals surface area (Å²) in [5, 5.41) is 2.73. The van der Waals surface area contributed by atoms with Crippen LogP contribution < -0.4 is 5.32 Å². The molecule has 1 atom stereocenters. The molecule has 1 N–H and O–H groups in total. The zero-order valence-electron chi connectivity index (χ0n) is 17.1. The third-order valence-electron chi connectivity index (χ3n) is 6.06. The number of nitrogens with zero attached hydrogens (tertiary/aromatic N) is 2. The Kier molecular flexibility index (Phi) is 8.07. The molecule has 2 heterocycles. The van der Waals surface area contributed by atoms with Gasteiger partial charge in [-0.15, -0.1) is 0 Å². The van der Waals surface area contributed by atoms with Gasteiger partial charge in [-0.05, 0) is 84.7 Å². The smallest absolute Gasteiger partial charge is 0.252 e. The lowest BCUT2D eigenvalue weighted by atomic mass is 9.94. The molecule has 1 aromatic rings. The number of likely N-dealkylation sites (tertiary alicyclic amines) is 2. The van der Waals surface area contributed by atoms with Crippen LogP contribution in [0.2, 0.25) is 0 Å². The fourth-order valence-corrected chi connectivity index (χ4v) is 4.68. The van der Waals surface area contributed by atoms with Crippen molar-refractivity contribution in [2.75, 3.05) is 39.3 Å². The third kappa shape index (κ3) is 6.51. The maximum Gasteiger partial charge on any atom is 0.252 e. The summed E-state index contributed by atoms with van der Waals surface area (Å²) in [6.45, 7) is 7.63. The Morgan fingerprint density at radius 1 is 1.21 bits per heavy atom. The van der Waals surface area contributed by atoms with E-state index in [1.54, 1.807) is 0 Å². The molecule has 1 unspecified atom stereocenters.